The van der Waals surface area contributed by atoms with Gasteiger partial charge in [-0.05, 0) is 72.8 Å². The predicted octanol–water partition coefficient (Wildman–Crippen LogP) is 4.82. The number of H-pyrrole nitrogens is 1. The Labute approximate surface area is 139 Å². The molecule has 1 aliphatic rings. The molecule has 23 heavy (non-hydrogen) atoms. The Morgan fingerprint density at radius 2 is 2.17 bits per heavy atom. The molecule has 1 fully saturated rings. The van der Waals surface area contributed by atoms with E-state index in [9.17, 15) is 4.79 Å². The summed E-state index contributed by atoms with van der Waals surface area (Å²) in [6.07, 6.45) is 2.14. The molecule has 3 heterocycles. The second kappa shape index (κ2) is 5.53. The van der Waals surface area contributed by atoms with Crippen LogP contribution >= 0.6 is 11.3 Å². The topological polar surface area (TPSA) is 36.1 Å². The van der Waals surface area contributed by atoms with E-state index < -0.39 is 0 Å². The van der Waals surface area contributed by atoms with Crippen molar-refractivity contribution in [3.8, 4) is 0 Å². The molecule has 0 bridgehead atoms. The van der Waals surface area contributed by atoms with Crippen molar-refractivity contribution < 1.29 is 4.79 Å². The molecule has 4 rings (SSSR count). The number of thiophene rings is 1. The van der Waals surface area contributed by atoms with Gasteiger partial charge in [0.2, 0.25) is 0 Å². The van der Waals surface area contributed by atoms with Crippen molar-refractivity contribution in [2.24, 2.45) is 0 Å². The maximum Gasteiger partial charge on any atom is 0.254 e. The van der Waals surface area contributed by atoms with Gasteiger partial charge in [-0.2, -0.15) is 11.3 Å². The van der Waals surface area contributed by atoms with Crippen LogP contribution in [0.5, 0.6) is 0 Å². The number of hydrogen-bond acceptors (Lipinski definition) is 2. The summed E-state index contributed by atoms with van der Waals surface area (Å²) in [6.45, 7) is 5.03. The van der Waals surface area contributed by atoms with E-state index in [4.69, 9.17) is 0 Å². The van der Waals surface area contributed by atoms with Gasteiger partial charge in [-0.3, -0.25) is 4.79 Å². The Hall–Kier alpha value is -2.07. The number of aromatic nitrogens is 1. The van der Waals surface area contributed by atoms with Gasteiger partial charge < -0.3 is 9.88 Å². The van der Waals surface area contributed by atoms with Crippen LogP contribution in [0.15, 0.2) is 35.0 Å². The SMILES string of the molecule is Cc1[nH]c2ccc(C(=O)N3CCC[C@H]3c3ccsc3)cc2c1C. The second-order valence-electron chi connectivity index (χ2n) is 6.35. The number of nitrogens with one attached hydrogen (secondary N) is 1. The van der Waals surface area contributed by atoms with Crippen LogP contribution in [0.3, 0.4) is 0 Å². The van der Waals surface area contributed by atoms with Crippen LogP contribution < -0.4 is 0 Å². The van der Waals surface area contributed by atoms with Crippen LogP contribution in [0.4, 0.5) is 0 Å². The molecule has 1 N–H and O–H groups in total. The number of hydrogen-bond donors (Lipinski definition) is 1. The first-order valence-electron chi connectivity index (χ1n) is 8.07. The van der Waals surface area contributed by atoms with E-state index in [0.29, 0.717) is 0 Å². The summed E-state index contributed by atoms with van der Waals surface area (Å²) in [7, 11) is 0. The van der Waals surface area contributed by atoms with E-state index in [1.807, 2.05) is 23.1 Å². The number of nitrogens with zero attached hydrogens (tertiary/aromatic N) is 1. The first-order chi connectivity index (χ1) is 11.1. The number of aryl methyl sites for hydroxylation is 2. The van der Waals surface area contributed by atoms with Crippen molar-refractivity contribution in [1.82, 2.24) is 9.88 Å². The predicted molar refractivity (Wildman–Crippen MR) is 95.1 cm³/mol. The van der Waals surface area contributed by atoms with Gasteiger partial charge in [-0.1, -0.05) is 0 Å². The van der Waals surface area contributed by atoms with Gasteiger partial charge in [0.15, 0.2) is 0 Å². The molecule has 1 atom stereocenters. The number of carbonyl (C=O) groups is 1. The van der Waals surface area contributed by atoms with Crippen molar-refractivity contribution in [2.45, 2.75) is 32.7 Å². The molecule has 0 unspecified atom stereocenters. The van der Waals surface area contributed by atoms with E-state index in [2.05, 4.69) is 35.7 Å². The highest BCUT2D eigenvalue weighted by Crippen LogP contribution is 2.34. The molecule has 118 valence electrons. The van der Waals surface area contributed by atoms with E-state index in [1.165, 1.54) is 16.8 Å². The number of rotatable bonds is 2. The Balaban J connectivity index is 1.69. The molecule has 3 aromatic rings. The number of aromatic amines is 1. The van der Waals surface area contributed by atoms with Crippen molar-refractivity contribution in [3.63, 3.8) is 0 Å². The summed E-state index contributed by atoms with van der Waals surface area (Å²) in [5, 5.41) is 5.41. The summed E-state index contributed by atoms with van der Waals surface area (Å²) in [5.74, 6) is 0.152. The molecule has 0 saturated carbocycles. The monoisotopic (exact) mass is 324 g/mol. The fraction of sp³-hybridized carbons (Fsp3) is 0.316. The molecule has 0 spiro atoms. The number of fused-ring (bicyclic) bond motifs is 1. The van der Waals surface area contributed by atoms with Crippen LogP contribution in [0.2, 0.25) is 0 Å². The highest BCUT2D eigenvalue weighted by atomic mass is 32.1. The van der Waals surface area contributed by atoms with Crippen LogP contribution in [0, 0.1) is 13.8 Å². The second-order valence-corrected chi connectivity index (χ2v) is 7.13. The Morgan fingerprint density at radius 3 is 2.96 bits per heavy atom. The number of benzene rings is 1. The summed E-state index contributed by atoms with van der Waals surface area (Å²) >= 11 is 1.70. The molecule has 2 aromatic heterocycles. The lowest BCUT2D eigenvalue weighted by atomic mass is 10.1. The van der Waals surface area contributed by atoms with Crippen LogP contribution in [-0.4, -0.2) is 22.3 Å². The summed E-state index contributed by atoms with van der Waals surface area (Å²) < 4.78 is 0. The van der Waals surface area contributed by atoms with Gasteiger partial charge in [0, 0.05) is 28.7 Å². The minimum atomic E-state index is 0.152. The minimum absolute atomic E-state index is 0.152. The largest absolute Gasteiger partial charge is 0.358 e. The van der Waals surface area contributed by atoms with Crippen molar-refractivity contribution in [1.29, 1.82) is 0 Å². The first kappa shape index (κ1) is 14.5. The quantitative estimate of drug-likeness (QED) is 0.720. The molecule has 1 saturated heterocycles. The highest BCUT2D eigenvalue weighted by molar-refractivity contribution is 7.08. The summed E-state index contributed by atoms with van der Waals surface area (Å²) in [4.78, 5) is 18.4. The zero-order valence-electron chi connectivity index (χ0n) is 13.4. The van der Waals surface area contributed by atoms with E-state index in [1.54, 1.807) is 11.3 Å². The zero-order chi connectivity index (χ0) is 16.0. The van der Waals surface area contributed by atoms with E-state index >= 15 is 0 Å². The molecule has 0 radical (unpaired) electrons. The fourth-order valence-electron chi connectivity index (χ4n) is 3.58. The van der Waals surface area contributed by atoms with Gasteiger partial charge in [0.25, 0.3) is 5.91 Å². The van der Waals surface area contributed by atoms with Gasteiger partial charge in [0.1, 0.15) is 0 Å². The van der Waals surface area contributed by atoms with Crippen LogP contribution in [-0.2, 0) is 0 Å². The molecule has 4 heteroatoms. The number of amides is 1. The smallest absolute Gasteiger partial charge is 0.254 e. The average Bonchev–Trinajstić information content (AvgIpc) is 3.27. The molecular weight excluding hydrogens is 304 g/mol. The van der Waals surface area contributed by atoms with Gasteiger partial charge in [0.05, 0.1) is 6.04 Å². The Bertz CT molecular complexity index is 863. The summed E-state index contributed by atoms with van der Waals surface area (Å²) in [5.41, 5.74) is 5.57. The highest BCUT2D eigenvalue weighted by Gasteiger charge is 2.30. The summed E-state index contributed by atoms with van der Waals surface area (Å²) in [6, 6.07) is 8.39. The molecule has 1 aromatic carbocycles. The van der Waals surface area contributed by atoms with Crippen molar-refractivity contribution >= 4 is 28.1 Å². The first-order valence-corrected chi connectivity index (χ1v) is 9.01. The lowest BCUT2D eigenvalue weighted by molar-refractivity contribution is 0.0736. The lowest BCUT2D eigenvalue weighted by Gasteiger charge is -2.24. The van der Waals surface area contributed by atoms with Crippen LogP contribution in [0.1, 0.15) is 46.1 Å². The molecule has 1 aliphatic heterocycles. The fourth-order valence-corrected chi connectivity index (χ4v) is 4.29. The maximum absolute atomic E-state index is 13.0. The van der Waals surface area contributed by atoms with Gasteiger partial charge in [-0.25, -0.2) is 0 Å². The molecular formula is C19H20N2OS. The Morgan fingerprint density at radius 1 is 1.30 bits per heavy atom. The lowest BCUT2D eigenvalue weighted by Crippen LogP contribution is -2.30. The third-order valence-corrected chi connectivity index (χ3v) is 5.70. The Kier molecular flexibility index (Phi) is 3.49. The average molecular weight is 324 g/mol. The zero-order valence-corrected chi connectivity index (χ0v) is 14.2. The van der Waals surface area contributed by atoms with Crippen LogP contribution in [0.25, 0.3) is 10.9 Å². The molecule has 1 amide bonds. The minimum Gasteiger partial charge on any atom is -0.358 e. The molecule has 0 aliphatic carbocycles. The third kappa shape index (κ3) is 2.38. The van der Waals surface area contributed by atoms with Gasteiger partial charge >= 0.3 is 0 Å². The standard InChI is InChI=1S/C19H20N2OS/c1-12-13(2)20-17-6-5-14(10-16(12)17)19(22)21-8-3-4-18(21)15-7-9-23-11-15/h5-7,9-11,18,20H,3-4,8H2,1-2H3/t18-/m0/s1. The van der Waals surface area contributed by atoms with Gasteiger partial charge in [-0.15, -0.1) is 0 Å². The van der Waals surface area contributed by atoms with Crippen molar-refractivity contribution in [3.05, 3.63) is 57.4 Å². The molecule has 3 nitrogen and oxygen atoms in total. The van der Waals surface area contributed by atoms with Crippen molar-refractivity contribution in [2.75, 3.05) is 6.54 Å². The maximum atomic E-state index is 13.0. The van der Waals surface area contributed by atoms with E-state index in [0.717, 1.165) is 35.9 Å². The normalized spacial score (nSPS) is 18.0. The van der Waals surface area contributed by atoms with E-state index in [-0.39, 0.29) is 11.9 Å². The third-order valence-electron chi connectivity index (χ3n) is 5.00. The number of carbonyl (C=O) groups excluding carboxylic acids is 1. The number of likely N-dealkylation sites (tertiary alicyclic amines) is 1.